The van der Waals surface area contributed by atoms with Crippen LogP contribution in [0.15, 0.2) is 0 Å². The maximum absolute atomic E-state index is 11.2. The number of carbonyl (C=O) groups is 2. The van der Waals surface area contributed by atoms with E-state index in [1.807, 2.05) is 0 Å². The highest BCUT2D eigenvalue weighted by atomic mass is 79.9. The number of alkyl halides is 2. The monoisotopic (exact) mass is 470 g/mol. The van der Waals surface area contributed by atoms with Gasteiger partial charge >= 0.3 is 11.9 Å². The molecular formula is C18H32Br2O4. The standard InChI is InChI=1S/C18H32Br2O4/c1-15(19)17(21)23-13-11-9-7-5-3-4-6-8-10-12-14-24-18(22)16(2)20/h15-16H,3-14H2,1-2H3. The lowest BCUT2D eigenvalue weighted by molar-refractivity contribution is -0.143. The fraction of sp³-hybridized carbons (Fsp3) is 0.889. The van der Waals surface area contributed by atoms with E-state index >= 15 is 0 Å². The molecule has 0 aromatic heterocycles. The van der Waals surface area contributed by atoms with Crippen molar-refractivity contribution in [1.82, 2.24) is 0 Å². The van der Waals surface area contributed by atoms with Crippen molar-refractivity contribution in [1.29, 1.82) is 0 Å². The van der Waals surface area contributed by atoms with Gasteiger partial charge < -0.3 is 9.47 Å². The molecule has 24 heavy (non-hydrogen) atoms. The van der Waals surface area contributed by atoms with Crippen LogP contribution in [-0.4, -0.2) is 34.8 Å². The van der Waals surface area contributed by atoms with Crippen LogP contribution in [0.5, 0.6) is 0 Å². The molecule has 0 aliphatic carbocycles. The summed E-state index contributed by atoms with van der Waals surface area (Å²) < 4.78 is 10.2. The summed E-state index contributed by atoms with van der Waals surface area (Å²) >= 11 is 6.38. The number of unbranched alkanes of at least 4 members (excludes halogenated alkanes) is 9. The Balaban J connectivity index is 3.15. The molecule has 0 N–H and O–H groups in total. The van der Waals surface area contributed by atoms with Gasteiger partial charge in [0.1, 0.15) is 9.65 Å². The summed E-state index contributed by atoms with van der Waals surface area (Å²) in [6, 6.07) is 0. The Morgan fingerprint density at radius 3 is 1.12 bits per heavy atom. The lowest BCUT2D eigenvalue weighted by Gasteiger charge is -2.06. The Kier molecular flexibility index (Phi) is 16.3. The second-order valence-electron chi connectivity index (χ2n) is 6.10. The molecule has 2 atom stereocenters. The van der Waals surface area contributed by atoms with Gasteiger partial charge in [0.2, 0.25) is 0 Å². The van der Waals surface area contributed by atoms with E-state index in [2.05, 4.69) is 31.9 Å². The third-order valence-corrected chi connectivity index (χ3v) is 4.42. The van der Waals surface area contributed by atoms with E-state index in [0.29, 0.717) is 13.2 Å². The molecule has 0 spiro atoms. The van der Waals surface area contributed by atoms with E-state index in [1.54, 1.807) is 13.8 Å². The molecule has 0 bridgehead atoms. The van der Waals surface area contributed by atoms with Gasteiger partial charge in [-0.2, -0.15) is 0 Å². The summed E-state index contributed by atoms with van der Waals surface area (Å²) in [7, 11) is 0. The molecule has 0 fully saturated rings. The largest absolute Gasteiger partial charge is 0.465 e. The predicted molar refractivity (Wildman–Crippen MR) is 105 cm³/mol. The van der Waals surface area contributed by atoms with Gasteiger partial charge in [-0.05, 0) is 26.7 Å². The van der Waals surface area contributed by atoms with E-state index in [-0.39, 0.29) is 21.6 Å². The van der Waals surface area contributed by atoms with E-state index < -0.39 is 0 Å². The summed E-state index contributed by atoms with van der Waals surface area (Å²) in [5.74, 6) is -0.349. The first-order valence-corrected chi connectivity index (χ1v) is 10.9. The van der Waals surface area contributed by atoms with Crippen molar-refractivity contribution in [3.05, 3.63) is 0 Å². The van der Waals surface area contributed by atoms with E-state index in [4.69, 9.17) is 9.47 Å². The predicted octanol–water partition coefficient (Wildman–Crippen LogP) is 5.54. The van der Waals surface area contributed by atoms with Crippen molar-refractivity contribution < 1.29 is 19.1 Å². The fourth-order valence-electron chi connectivity index (χ4n) is 2.19. The van der Waals surface area contributed by atoms with Gasteiger partial charge in [-0.25, -0.2) is 0 Å². The van der Waals surface area contributed by atoms with E-state index in [0.717, 1.165) is 25.7 Å². The number of esters is 2. The lowest BCUT2D eigenvalue weighted by atomic mass is 10.1. The summed E-state index contributed by atoms with van der Waals surface area (Å²) in [5, 5.41) is 0. The van der Waals surface area contributed by atoms with Gasteiger partial charge in [-0.1, -0.05) is 83.2 Å². The molecule has 142 valence electrons. The van der Waals surface area contributed by atoms with Crippen LogP contribution in [-0.2, 0) is 19.1 Å². The minimum atomic E-state index is -0.211. The lowest BCUT2D eigenvalue weighted by Crippen LogP contribution is -2.14. The molecule has 0 aliphatic rings. The number of ether oxygens (including phenoxy) is 2. The minimum absolute atomic E-state index is 0.175. The molecule has 4 nitrogen and oxygen atoms in total. The van der Waals surface area contributed by atoms with Gasteiger partial charge in [0.25, 0.3) is 0 Å². The highest BCUT2D eigenvalue weighted by Gasteiger charge is 2.09. The quantitative estimate of drug-likeness (QED) is 0.179. The third kappa shape index (κ3) is 15.4. The molecule has 0 aliphatic heterocycles. The molecule has 0 saturated carbocycles. The van der Waals surface area contributed by atoms with E-state index in [1.165, 1.54) is 38.5 Å². The van der Waals surface area contributed by atoms with Crippen LogP contribution in [0.25, 0.3) is 0 Å². The van der Waals surface area contributed by atoms with Crippen molar-refractivity contribution in [2.45, 2.75) is 87.7 Å². The van der Waals surface area contributed by atoms with Crippen LogP contribution in [0.1, 0.15) is 78.1 Å². The zero-order valence-corrected chi connectivity index (χ0v) is 18.2. The molecule has 0 heterocycles. The average Bonchev–Trinajstić information content (AvgIpc) is 2.54. The molecule has 0 radical (unpaired) electrons. The number of hydrogen-bond donors (Lipinski definition) is 0. The van der Waals surface area contributed by atoms with Crippen molar-refractivity contribution in [3.8, 4) is 0 Å². The van der Waals surface area contributed by atoms with Crippen molar-refractivity contribution in [2.75, 3.05) is 13.2 Å². The Bertz CT molecular complexity index is 301. The summed E-state index contributed by atoms with van der Waals surface area (Å²) in [6.45, 7) is 4.62. The maximum atomic E-state index is 11.2. The minimum Gasteiger partial charge on any atom is -0.465 e. The van der Waals surface area contributed by atoms with Crippen LogP contribution in [0, 0.1) is 0 Å². The fourth-order valence-corrected chi connectivity index (χ4v) is 2.46. The Morgan fingerprint density at radius 2 is 0.875 bits per heavy atom. The summed E-state index contributed by atoms with van der Waals surface area (Å²) in [4.78, 5) is 22.0. The number of hydrogen-bond acceptors (Lipinski definition) is 4. The topological polar surface area (TPSA) is 52.6 Å². The summed E-state index contributed by atoms with van der Waals surface area (Å²) in [6.07, 6.45) is 11.6. The first-order chi connectivity index (χ1) is 11.4. The normalized spacial score (nSPS) is 13.3. The maximum Gasteiger partial charge on any atom is 0.319 e. The van der Waals surface area contributed by atoms with Gasteiger partial charge in [-0.3, -0.25) is 9.59 Å². The third-order valence-electron chi connectivity index (χ3n) is 3.68. The molecule has 2 unspecified atom stereocenters. The zero-order chi connectivity index (χ0) is 18.2. The zero-order valence-electron chi connectivity index (χ0n) is 15.0. The Morgan fingerprint density at radius 1 is 0.625 bits per heavy atom. The highest BCUT2D eigenvalue weighted by molar-refractivity contribution is 9.10. The van der Waals surface area contributed by atoms with Gasteiger partial charge in [0, 0.05) is 0 Å². The summed E-state index contributed by atoms with van der Waals surface area (Å²) in [5.41, 5.74) is 0. The average molecular weight is 472 g/mol. The number of halogens is 2. The van der Waals surface area contributed by atoms with Gasteiger partial charge in [0.05, 0.1) is 13.2 Å². The first kappa shape index (κ1) is 23.9. The van der Waals surface area contributed by atoms with Crippen LogP contribution in [0.4, 0.5) is 0 Å². The molecule has 0 saturated heterocycles. The number of rotatable bonds is 15. The molecule has 0 aromatic rings. The Labute approximate surface area is 163 Å². The van der Waals surface area contributed by atoms with Gasteiger partial charge in [-0.15, -0.1) is 0 Å². The second kappa shape index (κ2) is 16.4. The molecule has 0 rings (SSSR count). The molecule has 0 aromatic carbocycles. The SMILES string of the molecule is CC(Br)C(=O)OCCCCCCCCCCCCOC(=O)C(C)Br. The van der Waals surface area contributed by atoms with Crippen LogP contribution in [0.3, 0.4) is 0 Å². The van der Waals surface area contributed by atoms with Gasteiger partial charge in [0.15, 0.2) is 0 Å². The van der Waals surface area contributed by atoms with E-state index in [9.17, 15) is 9.59 Å². The number of carbonyl (C=O) groups excluding carboxylic acids is 2. The van der Waals surface area contributed by atoms with Crippen molar-refractivity contribution in [3.63, 3.8) is 0 Å². The first-order valence-electron chi connectivity index (χ1n) is 9.06. The van der Waals surface area contributed by atoms with Crippen LogP contribution in [0.2, 0.25) is 0 Å². The van der Waals surface area contributed by atoms with Crippen molar-refractivity contribution in [2.24, 2.45) is 0 Å². The smallest absolute Gasteiger partial charge is 0.319 e. The molecular weight excluding hydrogens is 440 g/mol. The second-order valence-corrected chi connectivity index (χ2v) is 8.85. The Hall–Kier alpha value is -0.100. The highest BCUT2D eigenvalue weighted by Crippen LogP contribution is 2.11. The molecule has 0 amide bonds. The molecule has 6 heteroatoms. The van der Waals surface area contributed by atoms with Crippen molar-refractivity contribution >= 4 is 43.8 Å². The van der Waals surface area contributed by atoms with Crippen LogP contribution < -0.4 is 0 Å². The van der Waals surface area contributed by atoms with Crippen LogP contribution >= 0.6 is 31.9 Å².